The summed E-state index contributed by atoms with van der Waals surface area (Å²) in [7, 11) is -2.70. The van der Waals surface area contributed by atoms with Crippen LogP contribution in [0, 0.1) is 6.92 Å². The number of nitrogens with one attached hydrogen (secondary N) is 1. The van der Waals surface area contributed by atoms with Crippen LogP contribution in [0.4, 0.5) is 5.69 Å². The van der Waals surface area contributed by atoms with Gasteiger partial charge in [0.05, 0.1) is 17.7 Å². The van der Waals surface area contributed by atoms with Gasteiger partial charge < -0.3 is 19.7 Å². The van der Waals surface area contributed by atoms with Gasteiger partial charge in [0.15, 0.2) is 0 Å². The molecule has 0 aliphatic carbocycles. The van der Waals surface area contributed by atoms with Crippen LogP contribution in [-0.2, 0) is 32.6 Å². The highest BCUT2D eigenvalue weighted by Gasteiger charge is 2.35. The van der Waals surface area contributed by atoms with Crippen LogP contribution in [-0.4, -0.2) is 50.9 Å². The molecule has 2 amide bonds. The first-order valence-corrected chi connectivity index (χ1v) is 18.7. The number of anilines is 1. The topological polar surface area (TPSA) is 105 Å². The maximum absolute atomic E-state index is 14.8. The number of nitrogens with zero attached hydrogens (tertiary/aromatic N) is 2. The van der Waals surface area contributed by atoms with E-state index in [4.69, 9.17) is 9.47 Å². The molecule has 1 N–H and O–H groups in total. The van der Waals surface area contributed by atoms with Crippen molar-refractivity contribution < 1.29 is 27.5 Å². The van der Waals surface area contributed by atoms with E-state index in [1.807, 2.05) is 93.6 Å². The highest BCUT2D eigenvalue weighted by atomic mass is 32.2. The van der Waals surface area contributed by atoms with Gasteiger partial charge in [0.2, 0.25) is 11.8 Å². The summed E-state index contributed by atoms with van der Waals surface area (Å²) < 4.78 is 41.4. The number of sulfonamides is 1. The number of para-hydroxylation sites is 1. The second-order valence-electron chi connectivity index (χ2n) is 12.6. The van der Waals surface area contributed by atoms with E-state index in [2.05, 4.69) is 5.32 Å². The second kappa shape index (κ2) is 17.5. The Morgan fingerprint density at radius 2 is 1.35 bits per heavy atom. The van der Waals surface area contributed by atoms with Crippen LogP contribution < -0.4 is 19.1 Å². The molecule has 0 heterocycles. The smallest absolute Gasteiger partial charge is 0.264 e. The van der Waals surface area contributed by atoms with Gasteiger partial charge in [-0.15, -0.1) is 0 Å². The van der Waals surface area contributed by atoms with Crippen LogP contribution in [0.15, 0.2) is 138 Å². The first-order chi connectivity index (χ1) is 25.1. The standard InChI is InChI=1S/C42H45N3O6S/c1-5-32(3)43-42(47)40(28-33-13-8-6-9-14-33)44(29-34-15-12-18-38(27-34)50-4)41(46)30-45(52(48,49)39-25-19-31(2)20-26-39)35-21-23-37(24-22-35)51-36-16-10-7-11-17-36/h6-27,32,40H,5,28-30H2,1-4H3,(H,43,47). The molecule has 5 aromatic carbocycles. The Morgan fingerprint density at radius 3 is 1.98 bits per heavy atom. The minimum atomic E-state index is -4.26. The molecule has 0 aliphatic heterocycles. The molecule has 0 saturated carbocycles. The third-order valence-corrected chi connectivity index (χ3v) is 10.5. The first-order valence-electron chi connectivity index (χ1n) is 17.3. The van der Waals surface area contributed by atoms with Crippen molar-refractivity contribution in [3.63, 3.8) is 0 Å². The lowest BCUT2D eigenvalue weighted by Crippen LogP contribution is -2.54. The summed E-state index contributed by atoms with van der Waals surface area (Å²) in [6.45, 7) is 5.22. The molecular formula is C42H45N3O6S. The van der Waals surface area contributed by atoms with Gasteiger partial charge in [-0.25, -0.2) is 8.42 Å². The van der Waals surface area contributed by atoms with E-state index in [9.17, 15) is 18.0 Å². The number of carbonyl (C=O) groups excluding carboxylic acids is 2. The summed E-state index contributed by atoms with van der Waals surface area (Å²) in [5.41, 5.74) is 2.73. The normalized spacial score (nSPS) is 12.3. The van der Waals surface area contributed by atoms with Crippen molar-refractivity contribution in [3.05, 3.63) is 150 Å². The zero-order valence-electron chi connectivity index (χ0n) is 29.9. The summed E-state index contributed by atoms with van der Waals surface area (Å²) in [6.07, 6.45) is 0.912. The fraction of sp³-hybridized carbons (Fsp3) is 0.238. The van der Waals surface area contributed by atoms with E-state index < -0.39 is 28.5 Å². The van der Waals surface area contributed by atoms with Crippen molar-refractivity contribution in [1.82, 2.24) is 10.2 Å². The predicted octanol–water partition coefficient (Wildman–Crippen LogP) is 7.55. The third-order valence-electron chi connectivity index (χ3n) is 8.75. The van der Waals surface area contributed by atoms with Crippen molar-refractivity contribution in [2.75, 3.05) is 18.0 Å². The van der Waals surface area contributed by atoms with E-state index in [-0.39, 0.29) is 35.5 Å². The SMILES string of the molecule is CCC(C)NC(=O)C(Cc1ccccc1)N(Cc1cccc(OC)c1)C(=O)CN(c1ccc(Oc2ccccc2)cc1)S(=O)(=O)c1ccc(C)cc1. The van der Waals surface area contributed by atoms with Crippen LogP contribution in [0.2, 0.25) is 0 Å². The summed E-state index contributed by atoms with van der Waals surface area (Å²) in [4.78, 5) is 30.4. The Kier molecular flexibility index (Phi) is 12.7. The van der Waals surface area contributed by atoms with Gasteiger partial charge in [-0.1, -0.05) is 85.3 Å². The number of ether oxygens (including phenoxy) is 2. The lowest BCUT2D eigenvalue weighted by Gasteiger charge is -2.34. The highest BCUT2D eigenvalue weighted by molar-refractivity contribution is 7.92. The number of rotatable bonds is 16. The van der Waals surface area contributed by atoms with Gasteiger partial charge in [0, 0.05) is 19.0 Å². The quantitative estimate of drug-likeness (QED) is 0.113. The predicted molar refractivity (Wildman–Crippen MR) is 204 cm³/mol. The molecular weight excluding hydrogens is 675 g/mol. The van der Waals surface area contributed by atoms with E-state index >= 15 is 0 Å². The van der Waals surface area contributed by atoms with Crippen molar-refractivity contribution in [3.8, 4) is 17.2 Å². The van der Waals surface area contributed by atoms with Crippen molar-refractivity contribution in [2.24, 2.45) is 0 Å². The highest BCUT2D eigenvalue weighted by Crippen LogP contribution is 2.29. The lowest BCUT2D eigenvalue weighted by atomic mass is 10.0. The molecule has 0 bridgehead atoms. The van der Waals surface area contributed by atoms with Crippen LogP contribution in [0.3, 0.4) is 0 Å². The fourth-order valence-electron chi connectivity index (χ4n) is 5.63. The Balaban J connectivity index is 1.57. The maximum Gasteiger partial charge on any atom is 0.264 e. The Hall–Kier alpha value is -5.61. The molecule has 10 heteroatoms. The lowest BCUT2D eigenvalue weighted by molar-refractivity contribution is -0.140. The van der Waals surface area contributed by atoms with Gasteiger partial charge in [0.1, 0.15) is 29.8 Å². The van der Waals surface area contributed by atoms with Crippen molar-refractivity contribution in [1.29, 1.82) is 0 Å². The monoisotopic (exact) mass is 719 g/mol. The molecule has 0 spiro atoms. The van der Waals surface area contributed by atoms with Gasteiger partial charge in [0.25, 0.3) is 10.0 Å². The molecule has 52 heavy (non-hydrogen) atoms. The van der Waals surface area contributed by atoms with Crippen LogP contribution in [0.25, 0.3) is 0 Å². The van der Waals surface area contributed by atoms with Crippen molar-refractivity contribution in [2.45, 2.75) is 57.1 Å². The van der Waals surface area contributed by atoms with E-state index in [0.717, 1.165) is 21.0 Å². The zero-order valence-corrected chi connectivity index (χ0v) is 30.8. The van der Waals surface area contributed by atoms with Crippen LogP contribution in [0.1, 0.15) is 37.0 Å². The molecule has 2 unspecified atom stereocenters. The minimum Gasteiger partial charge on any atom is -0.497 e. The molecule has 5 aromatic rings. The average molecular weight is 720 g/mol. The molecule has 0 saturated heterocycles. The number of carbonyl (C=O) groups is 2. The van der Waals surface area contributed by atoms with E-state index in [0.29, 0.717) is 23.7 Å². The molecule has 2 atom stereocenters. The van der Waals surface area contributed by atoms with Crippen LogP contribution in [0.5, 0.6) is 17.2 Å². The van der Waals surface area contributed by atoms with Gasteiger partial charge in [-0.2, -0.15) is 0 Å². The fourth-order valence-corrected chi connectivity index (χ4v) is 7.05. The Labute approximate surface area is 306 Å². The van der Waals surface area contributed by atoms with E-state index in [1.54, 1.807) is 55.6 Å². The molecule has 5 rings (SSSR count). The summed E-state index contributed by atoms with van der Waals surface area (Å²) in [5.74, 6) is 0.837. The van der Waals surface area contributed by atoms with E-state index in [1.165, 1.54) is 17.0 Å². The molecule has 0 aromatic heterocycles. The maximum atomic E-state index is 14.8. The summed E-state index contributed by atoms with van der Waals surface area (Å²) in [5, 5.41) is 3.06. The number of aryl methyl sites for hydroxylation is 1. The van der Waals surface area contributed by atoms with Gasteiger partial charge in [-0.3, -0.25) is 13.9 Å². The van der Waals surface area contributed by atoms with Crippen LogP contribution >= 0.6 is 0 Å². The third kappa shape index (κ3) is 9.79. The number of hydrogen-bond acceptors (Lipinski definition) is 6. The zero-order chi connectivity index (χ0) is 37.1. The number of methoxy groups -OCH3 is 1. The molecule has 9 nitrogen and oxygen atoms in total. The molecule has 0 radical (unpaired) electrons. The second-order valence-corrected chi connectivity index (χ2v) is 14.5. The molecule has 0 fully saturated rings. The average Bonchev–Trinajstić information content (AvgIpc) is 3.16. The molecule has 270 valence electrons. The molecule has 0 aliphatic rings. The van der Waals surface area contributed by atoms with Gasteiger partial charge in [-0.05, 0) is 92.1 Å². The Bertz CT molecular complexity index is 2020. The largest absolute Gasteiger partial charge is 0.497 e. The van der Waals surface area contributed by atoms with Crippen molar-refractivity contribution >= 4 is 27.5 Å². The minimum absolute atomic E-state index is 0.0315. The first kappa shape index (κ1) is 37.6. The number of hydrogen-bond donors (Lipinski definition) is 1. The number of amides is 2. The summed E-state index contributed by atoms with van der Waals surface area (Å²) in [6, 6.07) is 37.9. The summed E-state index contributed by atoms with van der Waals surface area (Å²) >= 11 is 0. The Morgan fingerprint density at radius 1 is 0.750 bits per heavy atom. The van der Waals surface area contributed by atoms with Gasteiger partial charge >= 0.3 is 0 Å². The number of benzene rings is 5.